The summed E-state index contributed by atoms with van der Waals surface area (Å²) in [4.78, 5) is 10.1. The van der Waals surface area contributed by atoms with Gasteiger partial charge in [-0.15, -0.1) is 24.8 Å². The third-order valence-electron chi connectivity index (χ3n) is 0.576. The molecule has 0 fully saturated rings. The molecule has 0 N–H and O–H groups in total. The van der Waals surface area contributed by atoms with Gasteiger partial charge in [-0.1, -0.05) is 13.5 Å². The van der Waals surface area contributed by atoms with Crippen LogP contribution in [0.3, 0.4) is 0 Å². The van der Waals surface area contributed by atoms with Gasteiger partial charge >= 0.3 is 0 Å². The van der Waals surface area contributed by atoms with Gasteiger partial charge in [0.25, 0.3) is 0 Å². The van der Waals surface area contributed by atoms with E-state index in [-0.39, 0.29) is 30.6 Å². The molecule has 0 aromatic carbocycles. The number of hydrogen-bond acceptors (Lipinski definition) is 1. The Hall–Kier alpha value is -0.0100. The highest BCUT2D eigenvalue weighted by Gasteiger charge is 1.81. The summed E-state index contributed by atoms with van der Waals surface area (Å²) in [6, 6.07) is 0. The first-order valence-corrected chi connectivity index (χ1v) is 1.96. The van der Waals surface area contributed by atoms with Crippen molar-refractivity contribution < 1.29 is 4.79 Å². The molecule has 0 aromatic rings. The predicted molar refractivity (Wildman–Crippen MR) is 40.0 cm³/mol. The van der Waals surface area contributed by atoms with Gasteiger partial charge < -0.3 is 0 Å². The molecule has 3 heteroatoms. The third-order valence-corrected chi connectivity index (χ3v) is 0.576. The largest absolute Gasteiger partial charge is 0.295 e. The normalized spacial score (nSPS) is 5.62. The van der Waals surface area contributed by atoms with Crippen LogP contribution in [0.15, 0.2) is 12.7 Å². The van der Waals surface area contributed by atoms with E-state index in [4.69, 9.17) is 0 Å². The van der Waals surface area contributed by atoms with Gasteiger partial charge in [-0.3, -0.25) is 4.79 Å². The monoisotopic (exact) mass is 156 g/mol. The topological polar surface area (TPSA) is 17.1 Å². The highest BCUT2D eigenvalue weighted by atomic mass is 35.5. The van der Waals surface area contributed by atoms with Crippen LogP contribution in [-0.2, 0) is 4.79 Å². The van der Waals surface area contributed by atoms with E-state index in [1.54, 1.807) is 0 Å². The smallest absolute Gasteiger partial charge is 0.154 e. The van der Waals surface area contributed by atoms with Gasteiger partial charge in [0.05, 0.1) is 0 Å². The van der Waals surface area contributed by atoms with E-state index in [2.05, 4.69) is 6.58 Å². The third kappa shape index (κ3) is 9.37. The van der Waals surface area contributed by atoms with Crippen molar-refractivity contribution in [3.63, 3.8) is 0 Å². The zero-order chi connectivity index (χ0) is 4.99. The molecule has 0 bridgehead atoms. The standard InChI is InChI=1S/C5H8O.2ClH/c1-3-5(6)4-2;;/h3H,1,4H2,2H3;2*1H. The number of carbonyl (C=O) groups excluding carboxylic acids is 1. The fourth-order valence-electron chi connectivity index (χ4n) is 0.144. The predicted octanol–water partition coefficient (Wildman–Crippen LogP) is 2.00. The quantitative estimate of drug-likeness (QED) is 0.560. The summed E-state index contributed by atoms with van der Waals surface area (Å²) >= 11 is 0. The van der Waals surface area contributed by atoms with Crippen molar-refractivity contribution >= 4 is 30.6 Å². The molecule has 0 atom stereocenters. The zero-order valence-corrected chi connectivity index (χ0v) is 6.35. The molecule has 0 amide bonds. The highest BCUT2D eigenvalue weighted by molar-refractivity contribution is 5.88. The van der Waals surface area contributed by atoms with Crippen LogP contribution in [0.25, 0.3) is 0 Å². The van der Waals surface area contributed by atoms with Crippen molar-refractivity contribution in [2.45, 2.75) is 13.3 Å². The highest BCUT2D eigenvalue weighted by Crippen LogP contribution is 1.76. The molecule has 0 spiro atoms. The van der Waals surface area contributed by atoms with Crippen molar-refractivity contribution in [3.05, 3.63) is 12.7 Å². The molecule has 0 unspecified atom stereocenters. The van der Waals surface area contributed by atoms with E-state index in [1.165, 1.54) is 6.08 Å². The number of ketones is 1. The molecular weight excluding hydrogens is 147 g/mol. The first kappa shape index (κ1) is 15.7. The fourth-order valence-corrected chi connectivity index (χ4v) is 0.144. The molecule has 0 saturated carbocycles. The van der Waals surface area contributed by atoms with Crippen LogP contribution in [0.4, 0.5) is 0 Å². The Morgan fingerprint density at radius 2 is 2.00 bits per heavy atom. The Kier molecular flexibility index (Phi) is 19.7. The van der Waals surface area contributed by atoms with Crippen LogP contribution in [0.1, 0.15) is 13.3 Å². The Balaban J connectivity index is -0.000000125. The second kappa shape index (κ2) is 10.1. The lowest BCUT2D eigenvalue weighted by Crippen LogP contribution is -1.83. The van der Waals surface area contributed by atoms with Crippen molar-refractivity contribution in [2.75, 3.05) is 0 Å². The van der Waals surface area contributed by atoms with Crippen LogP contribution in [0, 0.1) is 0 Å². The Morgan fingerprint density at radius 3 is 2.00 bits per heavy atom. The molecule has 0 rings (SSSR count). The number of halogens is 2. The lowest BCUT2D eigenvalue weighted by molar-refractivity contribution is -0.114. The van der Waals surface area contributed by atoms with E-state index >= 15 is 0 Å². The second-order valence-electron chi connectivity index (χ2n) is 1.02. The SMILES string of the molecule is C=CC(=O)CC.Cl.Cl. The maximum absolute atomic E-state index is 10.1. The average molecular weight is 157 g/mol. The lowest BCUT2D eigenvalue weighted by Gasteiger charge is -1.75. The van der Waals surface area contributed by atoms with Gasteiger partial charge in [-0.2, -0.15) is 0 Å². The molecule has 8 heavy (non-hydrogen) atoms. The van der Waals surface area contributed by atoms with Crippen LogP contribution in [0.2, 0.25) is 0 Å². The summed E-state index contributed by atoms with van der Waals surface area (Å²) in [5.74, 6) is 0.106. The van der Waals surface area contributed by atoms with E-state index < -0.39 is 0 Å². The molecule has 0 heterocycles. The van der Waals surface area contributed by atoms with Gasteiger partial charge in [0.15, 0.2) is 5.78 Å². The molecule has 0 aliphatic carbocycles. The van der Waals surface area contributed by atoms with Crippen LogP contribution in [-0.4, -0.2) is 5.78 Å². The van der Waals surface area contributed by atoms with E-state index in [9.17, 15) is 4.79 Å². The first-order chi connectivity index (χ1) is 2.81. The van der Waals surface area contributed by atoms with E-state index in [0.29, 0.717) is 6.42 Å². The molecular formula is C5H10Cl2O. The van der Waals surface area contributed by atoms with Crippen molar-refractivity contribution in [1.82, 2.24) is 0 Å². The molecule has 0 saturated heterocycles. The maximum atomic E-state index is 10.1. The van der Waals surface area contributed by atoms with Gasteiger partial charge in [0.1, 0.15) is 0 Å². The molecule has 0 radical (unpaired) electrons. The number of carbonyl (C=O) groups is 1. The summed E-state index contributed by atoms with van der Waals surface area (Å²) in [6.45, 7) is 5.09. The molecule has 50 valence electrons. The number of hydrogen-bond donors (Lipinski definition) is 0. The number of rotatable bonds is 2. The minimum atomic E-state index is 0. The zero-order valence-electron chi connectivity index (χ0n) is 4.72. The second-order valence-corrected chi connectivity index (χ2v) is 1.02. The van der Waals surface area contributed by atoms with Gasteiger partial charge in [-0.25, -0.2) is 0 Å². The lowest BCUT2D eigenvalue weighted by atomic mass is 10.3. The van der Waals surface area contributed by atoms with Crippen molar-refractivity contribution in [2.24, 2.45) is 0 Å². The summed E-state index contributed by atoms with van der Waals surface area (Å²) in [5, 5.41) is 0. The summed E-state index contributed by atoms with van der Waals surface area (Å²) < 4.78 is 0. The van der Waals surface area contributed by atoms with Gasteiger partial charge in [0, 0.05) is 6.42 Å². The molecule has 0 aliphatic rings. The Morgan fingerprint density at radius 1 is 1.62 bits per heavy atom. The van der Waals surface area contributed by atoms with Crippen molar-refractivity contribution in [1.29, 1.82) is 0 Å². The van der Waals surface area contributed by atoms with E-state index in [0.717, 1.165) is 0 Å². The number of allylic oxidation sites excluding steroid dienone is 1. The minimum absolute atomic E-state index is 0. The Labute approximate surface area is 62.0 Å². The Bertz CT molecular complexity index is 70.8. The summed E-state index contributed by atoms with van der Waals surface area (Å²) in [6.07, 6.45) is 1.91. The van der Waals surface area contributed by atoms with Crippen LogP contribution >= 0.6 is 24.8 Å². The summed E-state index contributed by atoms with van der Waals surface area (Å²) in [5.41, 5.74) is 0. The molecule has 1 nitrogen and oxygen atoms in total. The van der Waals surface area contributed by atoms with Gasteiger partial charge in [0.2, 0.25) is 0 Å². The first-order valence-electron chi connectivity index (χ1n) is 1.96. The fraction of sp³-hybridized carbons (Fsp3) is 0.400. The van der Waals surface area contributed by atoms with Crippen LogP contribution < -0.4 is 0 Å². The molecule has 0 aliphatic heterocycles. The average Bonchev–Trinajstić information content (AvgIpc) is 1.65. The molecule has 0 aromatic heterocycles. The van der Waals surface area contributed by atoms with Crippen LogP contribution in [0.5, 0.6) is 0 Å². The minimum Gasteiger partial charge on any atom is -0.295 e. The maximum Gasteiger partial charge on any atom is 0.154 e. The van der Waals surface area contributed by atoms with Gasteiger partial charge in [-0.05, 0) is 6.08 Å². The summed E-state index contributed by atoms with van der Waals surface area (Å²) in [7, 11) is 0. The van der Waals surface area contributed by atoms with Crippen molar-refractivity contribution in [3.8, 4) is 0 Å². The van der Waals surface area contributed by atoms with E-state index in [1.807, 2.05) is 6.92 Å².